The number of fused-ring (bicyclic) bond motifs is 1. The van der Waals surface area contributed by atoms with Crippen molar-refractivity contribution < 1.29 is 27.5 Å². The third-order valence-corrected chi connectivity index (χ3v) is 5.42. The molecule has 0 aliphatic rings. The lowest BCUT2D eigenvalue weighted by molar-refractivity contribution is -0.140. The second-order valence-electron chi connectivity index (χ2n) is 7.70. The number of rotatable bonds is 6. The topological polar surface area (TPSA) is 112 Å². The number of halogens is 3. The molecule has 0 spiro atoms. The molecule has 4 rings (SSSR count). The van der Waals surface area contributed by atoms with Gasteiger partial charge in [-0.05, 0) is 36.8 Å². The van der Waals surface area contributed by atoms with Gasteiger partial charge >= 0.3 is 6.18 Å². The number of benzene rings is 2. The fraction of sp³-hybridized carbons (Fsp3) is 0.167. The molecule has 0 aliphatic heterocycles. The molecule has 11 heteroatoms. The molecule has 4 aromatic rings. The molecule has 0 saturated heterocycles. The van der Waals surface area contributed by atoms with E-state index in [1.54, 1.807) is 48.5 Å². The van der Waals surface area contributed by atoms with E-state index < -0.39 is 29.4 Å². The maximum atomic E-state index is 13.8. The van der Waals surface area contributed by atoms with Gasteiger partial charge in [0, 0.05) is 5.39 Å². The number of aromatic nitrogens is 3. The predicted molar refractivity (Wildman–Crippen MR) is 122 cm³/mol. The van der Waals surface area contributed by atoms with Crippen LogP contribution in [0.1, 0.15) is 37.8 Å². The van der Waals surface area contributed by atoms with Gasteiger partial charge in [0.2, 0.25) is 5.91 Å². The summed E-state index contributed by atoms with van der Waals surface area (Å²) in [6.45, 7) is 1.46. The van der Waals surface area contributed by atoms with Crippen molar-refractivity contribution >= 4 is 28.4 Å². The fourth-order valence-electron chi connectivity index (χ4n) is 3.63. The van der Waals surface area contributed by atoms with E-state index in [9.17, 15) is 22.8 Å². The number of pyridine rings is 1. The molecule has 180 valence electrons. The first-order chi connectivity index (χ1) is 16.6. The Hall–Kier alpha value is -4.41. The van der Waals surface area contributed by atoms with Gasteiger partial charge in [0.1, 0.15) is 11.4 Å². The zero-order valence-electron chi connectivity index (χ0n) is 18.7. The Morgan fingerprint density at radius 2 is 1.80 bits per heavy atom. The van der Waals surface area contributed by atoms with Crippen LogP contribution in [0, 0.1) is 6.92 Å². The van der Waals surface area contributed by atoms with Crippen LogP contribution in [-0.2, 0) is 12.7 Å². The zero-order chi connectivity index (χ0) is 25.3. The summed E-state index contributed by atoms with van der Waals surface area (Å²) in [6.07, 6.45) is -4.83. The highest BCUT2D eigenvalue weighted by atomic mass is 19.4. The van der Waals surface area contributed by atoms with E-state index >= 15 is 0 Å². The smallest absolute Gasteiger partial charge is 0.437 e. The van der Waals surface area contributed by atoms with E-state index in [0.29, 0.717) is 22.2 Å². The van der Waals surface area contributed by atoms with Crippen molar-refractivity contribution in [3.63, 3.8) is 0 Å². The SMILES string of the molecule is COc1ccc(Cn2nc(C(F)(F)F)c(NC(=O)c3cc(C(N)=O)c4ccccc4n3)c2C)cc1. The first kappa shape index (κ1) is 23.7. The number of para-hydroxylation sites is 1. The van der Waals surface area contributed by atoms with E-state index in [4.69, 9.17) is 10.5 Å². The van der Waals surface area contributed by atoms with Crippen molar-refractivity contribution in [2.24, 2.45) is 5.73 Å². The molecular formula is C24H20F3N5O3. The summed E-state index contributed by atoms with van der Waals surface area (Å²) in [5.74, 6) is -1.12. The Morgan fingerprint density at radius 1 is 1.11 bits per heavy atom. The molecule has 0 saturated carbocycles. The minimum Gasteiger partial charge on any atom is -0.497 e. The number of carbonyl (C=O) groups is 2. The molecule has 2 aromatic heterocycles. The summed E-state index contributed by atoms with van der Waals surface area (Å²) in [7, 11) is 1.51. The molecule has 0 atom stereocenters. The van der Waals surface area contributed by atoms with Crippen molar-refractivity contribution in [2.45, 2.75) is 19.6 Å². The van der Waals surface area contributed by atoms with Crippen molar-refractivity contribution in [3.05, 3.63) is 82.8 Å². The van der Waals surface area contributed by atoms with Crippen LogP contribution in [0.25, 0.3) is 10.9 Å². The molecule has 8 nitrogen and oxygen atoms in total. The third kappa shape index (κ3) is 4.79. The van der Waals surface area contributed by atoms with Crippen LogP contribution >= 0.6 is 0 Å². The van der Waals surface area contributed by atoms with Crippen LogP contribution in [0.15, 0.2) is 54.6 Å². The maximum absolute atomic E-state index is 13.8. The lowest BCUT2D eigenvalue weighted by atomic mass is 10.1. The lowest BCUT2D eigenvalue weighted by Gasteiger charge is -2.10. The lowest BCUT2D eigenvalue weighted by Crippen LogP contribution is -2.19. The van der Waals surface area contributed by atoms with Crippen LogP contribution in [0.2, 0.25) is 0 Å². The van der Waals surface area contributed by atoms with E-state index in [-0.39, 0.29) is 23.5 Å². The van der Waals surface area contributed by atoms with Crippen LogP contribution in [-0.4, -0.2) is 33.7 Å². The number of alkyl halides is 3. The molecule has 35 heavy (non-hydrogen) atoms. The highest BCUT2D eigenvalue weighted by Crippen LogP contribution is 2.36. The predicted octanol–water partition coefficient (Wildman–Crippen LogP) is 4.17. The largest absolute Gasteiger partial charge is 0.497 e. The quantitative estimate of drug-likeness (QED) is 0.428. The molecule has 0 radical (unpaired) electrons. The van der Waals surface area contributed by atoms with E-state index in [1.165, 1.54) is 14.0 Å². The molecule has 0 bridgehead atoms. The Balaban J connectivity index is 1.71. The molecule has 3 N–H and O–H groups in total. The number of primary amides is 1. The van der Waals surface area contributed by atoms with Crippen molar-refractivity contribution in [1.82, 2.24) is 14.8 Å². The summed E-state index contributed by atoms with van der Waals surface area (Å²) < 4.78 is 47.6. The zero-order valence-corrected chi connectivity index (χ0v) is 18.7. The molecule has 2 amide bonds. The minimum atomic E-state index is -4.83. The number of nitrogens with zero attached hydrogens (tertiary/aromatic N) is 3. The van der Waals surface area contributed by atoms with Gasteiger partial charge in [0.15, 0.2) is 5.69 Å². The molecule has 0 unspecified atom stereocenters. The number of anilines is 1. The van der Waals surface area contributed by atoms with Gasteiger partial charge < -0.3 is 15.8 Å². The highest BCUT2D eigenvalue weighted by molar-refractivity contribution is 6.10. The maximum Gasteiger partial charge on any atom is 0.437 e. The van der Waals surface area contributed by atoms with Gasteiger partial charge in [-0.1, -0.05) is 30.3 Å². The standard InChI is InChI=1S/C24H20F3N5O3/c1-13-20(21(24(25,26)27)31-32(13)12-14-7-9-15(35-2)10-8-14)30-23(34)19-11-17(22(28)33)16-5-3-4-6-18(16)29-19/h3-11H,12H2,1-2H3,(H2,28,33)(H,30,34). The Morgan fingerprint density at radius 3 is 2.43 bits per heavy atom. The Kier molecular flexibility index (Phi) is 6.16. The Bertz CT molecular complexity index is 1430. The second-order valence-corrected chi connectivity index (χ2v) is 7.70. The fourth-order valence-corrected chi connectivity index (χ4v) is 3.63. The van der Waals surface area contributed by atoms with Gasteiger partial charge in [0.25, 0.3) is 5.91 Å². The summed E-state index contributed by atoms with van der Waals surface area (Å²) in [6, 6.07) is 14.4. The molecular weight excluding hydrogens is 463 g/mol. The normalized spacial score (nSPS) is 11.5. The average molecular weight is 483 g/mol. The number of amides is 2. The average Bonchev–Trinajstić information content (AvgIpc) is 3.14. The number of methoxy groups -OCH3 is 1. The van der Waals surface area contributed by atoms with Crippen LogP contribution in [0.4, 0.5) is 18.9 Å². The van der Waals surface area contributed by atoms with Crippen molar-refractivity contribution in [1.29, 1.82) is 0 Å². The number of ether oxygens (including phenoxy) is 1. The van der Waals surface area contributed by atoms with Crippen LogP contribution in [0.5, 0.6) is 5.75 Å². The number of nitrogens with two attached hydrogens (primary N) is 1. The highest BCUT2D eigenvalue weighted by Gasteiger charge is 2.39. The van der Waals surface area contributed by atoms with E-state index in [1.807, 2.05) is 0 Å². The summed E-state index contributed by atoms with van der Waals surface area (Å²) in [4.78, 5) is 29.0. The number of hydrogen-bond donors (Lipinski definition) is 2. The van der Waals surface area contributed by atoms with Crippen molar-refractivity contribution in [2.75, 3.05) is 12.4 Å². The van der Waals surface area contributed by atoms with Crippen LogP contribution in [0.3, 0.4) is 0 Å². The van der Waals surface area contributed by atoms with Gasteiger partial charge in [-0.3, -0.25) is 14.3 Å². The summed E-state index contributed by atoms with van der Waals surface area (Å²) in [5.41, 5.74) is 4.55. The van der Waals surface area contributed by atoms with Gasteiger partial charge in [-0.2, -0.15) is 18.3 Å². The molecule has 2 aromatic carbocycles. The van der Waals surface area contributed by atoms with E-state index in [2.05, 4.69) is 15.4 Å². The first-order valence-electron chi connectivity index (χ1n) is 10.4. The summed E-state index contributed by atoms with van der Waals surface area (Å²) in [5, 5.41) is 6.42. The van der Waals surface area contributed by atoms with E-state index in [0.717, 1.165) is 10.7 Å². The Labute approximate surface area is 197 Å². The third-order valence-electron chi connectivity index (χ3n) is 5.42. The molecule has 0 fully saturated rings. The number of nitrogens with one attached hydrogen (secondary N) is 1. The minimum absolute atomic E-state index is 0.0312. The number of hydrogen-bond acceptors (Lipinski definition) is 5. The summed E-state index contributed by atoms with van der Waals surface area (Å²) >= 11 is 0. The first-order valence-corrected chi connectivity index (χ1v) is 10.4. The molecule has 2 heterocycles. The van der Waals surface area contributed by atoms with Gasteiger partial charge in [0.05, 0.1) is 36.1 Å². The van der Waals surface area contributed by atoms with Gasteiger partial charge in [-0.15, -0.1) is 0 Å². The number of carbonyl (C=O) groups excluding carboxylic acids is 2. The van der Waals surface area contributed by atoms with Crippen molar-refractivity contribution in [3.8, 4) is 5.75 Å². The van der Waals surface area contributed by atoms with Crippen LogP contribution < -0.4 is 15.8 Å². The van der Waals surface area contributed by atoms with Gasteiger partial charge in [-0.25, -0.2) is 4.98 Å². The second kappa shape index (κ2) is 9.09. The monoisotopic (exact) mass is 483 g/mol. The molecule has 0 aliphatic carbocycles.